The highest BCUT2D eigenvalue weighted by molar-refractivity contribution is 5.03. The normalized spacial score (nSPS) is 38.2. The highest BCUT2D eigenvalue weighted by Gasteiger charge is 2.46. The minimum Gasteiger partial charge on any atom is -0.317 e. The van der Waals surface area contributed by atoms with E-state index in [0.717, 1.165) is 38.5 Å². The van der Waals surface area contributed by atoms with Crippen molar-refractivity contribution in [2.24, 2.45) is 17.8 Å². The molecule has 0 aromatic carbocycles. The van der Waals surface area contributed by atoms with Crippen molar-refractivity contribution in [1.82, 2.24) is 0 Å². The van der Waals surface area contributed by atoms with Crippen LogP contribution in [0.3, 0.4) is 0 Å². The number of allylic oxidation sites excluding steroid dienone is 1. The number of hydrogen-bond acceptors (Lipinski definition) is 1. The third-order valence-electron chi connectivity index (χ3n) is 6.75. The van der Waals surface area contributed by atoms with Crippen LogP contribution in [0.15, 0.2) is 12.7 Å². The molecule has 0 aliphatic heterocycles. The largest absolute Gasteiger partial charge is 0.358 e. The van der Waals surface area contributed by atoms with Crippen molar-refractivity contribution < 1.29 is 22.3 Å². The van der Waals surface area contributed by atoms with Crippen molar-refractivity contribution >= 4 is 0 Å². The Labute approximate surface area is 154 Å². The molecule has 5 heteroatoms. The van der Waals surface area contributed by atoms with Gasteiger partial charge in [0.25, 0.3) is 0 Å². The second-order valence-corrected chi connectivity index (χ2v) is 8.43. The molecule has 1 radical (unpaired) electrons. The predicted octanol–water partition coefficient (Wildman–Crippen LogP) is 6.58. The summed E-state index contributed by atoms with van der Waals surface area (Å²) < 4.78 is 60.7. The average molecular weight is 375 g/mol. The van der Waals surface area contributed by atoms with E-state index in [1.807, 2.05) is 6.08 Å². The van der Waals surface area contributed by atoms with Crippen LogP contribution in [0.4, 0.5) is 17.6 Å². The number of hydrogen-bond donors (Lipinski definition) is 0. The van der Waals surface area contributed by atoms with Gasteiger partial charge in [-0.15, -0.1) is 6.58 Å². The van der Waals surface area contributed by atoms with Crippen LogP contribution in [0.5, 0.6) is 0 Å². The summed E-state index contributed by atoms with van der Waals surface area (Å²) >= 11 is 0. The van der Waals surface area contributed by atoms with E-state index in [9.17, 15) is 17.6 Å². The molecule has 1 nitrogen and oxygen atoms in total. The van der Waals surface area contributed by atoms with Crippen LogP contribution in [-0.2, 0) is 4.74 Å². The quantitative estimate of drug-likeness (QED) is 0.389. The van der Waals surface area contributed by atoms with Crippen molar-refractivity contribution in [2.45, 2.75) is 95.2 Å². The lowest BCUT2D eigenvalue weighted by molar-refractivity contribution is -0.303. The fourth-order valence-corrected chi connectivity index (χ4v) is 4.96. The molecule has 0 spiro atoms. The minimum atomic E-state index is -3.23. The zero-order valence-electron chi connectivity index (χ0n) is 15.4. The number of ether oxygens (including phenoxy) is 1. The Kier molecular flexibility index (Phi) is 6.68. The standard InChI is InChI=1S/C21H31F4O/c1-2-14-3-5-15(6-4-14)16-7-9-17(10-8-16)21(24,25)26-18-11-12-19(22)20(23)13-18/h2,14,16-20H,1,3-13H2. The van der Waals surface area contributed by atoms with E-state index >= 15 is 0 Å². The van der Waals surface area contributed by atoms with Crippen LogP contribution in [0.1, 0.15) is 70.6 Å². The van der Waals surface area contributed by atoms with Crippen LogP contribution in [0, 0.1) is 23.7 Å². The molecule has 0 amide bonds. The Balaban J connectivity index is 1.45. The van der Waals surface area contributed by atoms with Crippen molar-refractivity contribution in [3.8, 4) is 0 Å². The summed E-state index contributed by atoms with van der Waals surface area (Å²) in [4.78, 5) is 0. The molecule has 26 heavy (non-hydrogen) atoms. The molecule has 0 saturated heterocycles. The molecule has 0 bridgehead atoms. The van der Waals surface area contributed by atoms with Crippen molar-refractivity contribution in [2.75, 3.05) is 0 Å². The molecule has 3 unspecified atom stereocenters. The molecule has 3 aliphatic rings. The summed E-state index contributed by atoms with van der Waals surface area (Å²) in [6.45, 7) is 3.86. The van der Waals surface area contributed by atoms with Crippen LogP contribution < -0.4 is 0 Å². The molecule has 0 heterocycles. The van der Waals surface area contributed by atoms with Gasteiger partial charge in [-0.1, -0.05) is 6.08 Å². The lowest BCUT2D eigenvalue weighted by Crippen LogP contribution is -2.41. The first kappa shape index (κ1) is 20.2. The molecule has 149 valence electrons. The van der Waals surface area contributed by atoms with Crippen LogP contribution in [0.2, 0.25) is 0 Å². The smallest absolute Gasteiger partial charge is 0.317 e. The van der Waals surface area contributed by atoms with Gasteiger partial charge in [-0.3, -0.25) is 0 Å². The molecule has 0 N–H and O–H groups in total. The van der Waals surface area contributed by atoms with Gasteiger partial charge in [0.1, 0.15) is 12.3 Å². The van der Waals surface area contributed by atoms with Crippen molar-refractivity contribution in [1.29, 1.82) is 0 Å². The van der Waals surface area contributed by atoms with Crippen LogP contribution >= 0.6 is 0 Å². The van der Waals surface area contributed by atoms with E-state index in [-0.39, 0.29) is 19.3 Å². The zero-order valence-corrected chi connectivity index (χ0v) is 15.4. The van der Waals surface area contributed by atoms with E-state index in [0.29, 0.717) is 24.7 Å². The van der Waals surface area contributed by atoms with Gasteiger partial charge in [0.2, 0.25) is 0 Å². The third kappa shape index (κ3) is 4.82. The van der Waals surface area contributed by atoms with E-state index < -0.39 is 30.5 Å². The molecule has 3 saturated carbocycles. The highest BCUT2D eigenvalue weighted by atomic mass is 19.3. The summed E-state index contributed by atoms with van der Waals surface area (Å²) in [5, 5.41) is 0. The fraction of sp³-hybridized carbons (Fsp3) is 0.857. The summed E-state index contributed by atoms with van der Waals surface area (Å²) in [7, 11) is 0. The van der Waals surface area contributed by atoms with Gasteiger partial charge in [-0.25, -0.2) is 8.78 Å². The Hall–Kier alpha value is -0.580. The highest BCUT2D eigenvalue weighted by Crippen LogP contribution is 2.47. The summed E-state index contributed by atoms with van der Waals surface area (Å²) in [5.41, 5.74) is 0. The first-order chi connectivity index (χ1) is 12.4. The number of alkyl halides is 4. The predicted molar refractivity (Wildman–Crippen MR) is 94.3 cm³/mol. The SMILES string of the molecule is C=CC1CC[C](C2CCC(C(F)(F)OC3CCC(F)C(F)C3)CC2)CC1. The third-order valence-corrected chi connectivity index (χ3v) is 6.75. The molecule has 3 aliphatic carbocycles. The monoisotopic (exact) mass is 375 g/mol. The summed E-state index contributed by atoms with van der Waals surface area (Å²) in [6, 6.07) is 0. The van der Waals surface area contributed by atoms with E-state index in [1.54, 1.807) is 5.92 Å². The fourth-order valence-electron chi connectivity index (χ4n) is 4.96. The average Bonchev–Trinajstić information content (AvgIpc) is 2.65. The van der Waals surface area contributed by atoms with Crippen molar-refractivity contribution in [3.63, 3.8) is 0 Å². The summed E-state index contributed by atoms with van der Waals surface area (Å²) in [5.74, 6) is 1.81. The summed E-state index contributed by atoms with van der Waals surface area (Å²) in [6.07, 6.45) is 1.57. The Morgan fingerprint density at radius 3 is 2.12 bits per heavy atom. The van der Waals surface area contributed by atoms with Gasteiger partial charge in [0.15, 0.2) is 0 Å². The van der Waals surface area contributed by atoms with E-state index in [2.05, 4.69) is 6.58 Å². The number of halogens is 4. The molecule has 3 fully saturated rings. The lowest BCUT2D eigenvalue weighted by atomic mass is 9.69. The second kappa shape index (κ2) is 8.62. The van der Waals surface area contributed by atoms with Crippen LogP contribution in [-0.4, -0.2) is 24.6 Å². The second-order valence-electron chi connectivity index (χ2n) is 8.43. The van der Waals surface area contributed by atoms with Gasteiger partial charge in [-0.2, -0.15) is 8.78 Å². The molecular weight excluding hydrogens is 344 g/mol. The van der Waals surface area contributed by atoms with Gasteiger partial charge >= 0.3 is 6.11 Å². The van der Waals surface area contributed by atoms with E-state index in [1.165, 1.54) is 0 Å². The lowest BCUT2D eigenvalue weighted by Gasteiger charge is -2.40. The molecule has 0 aromatic heterocycles. The van der Waals surface area contributed by atoms with Crippen LogP contribution in [0.25, 0.3) is 0 Å². The van der Waals surface area contributed by atoms with Gasteiger partial charge < -0.3 is 4.74 Å². The number of rotatable bonds is 5. The minimum absolute atomic E-state index is 0.0291. The Morgan fingerprint density at radius 1 is 0.885 bits per heavy atom. The van der Waals surface area contributed by atoms with E-state index in [4.69, 9.17) is 4.74 Å². The molecule has 3 atom stereocenters. The van der Waals surface area contributed by atoms with Gasteiger partial charge in [0, 0.05) is 6.42 Å². The maximum atomic E-state index is 14.5. The molecule has 0 aromatic rings. The first-order valence-electron chi connectivity index (χ1n) is 10.2. The first-order valence-corrected chi connectivity index (χ1v) is 10.2. The topological polar surface area (TPSA) is 9.23 Å². The van der Waals surface area contributed by atoms with Gasteiger partial charge in [-0.05, 0) is 82.0 Å². The maximum absolute atomic E-state index is 14.5. The van der Waals surface area contributed by atoms with Crippen molar-refractivity contribution in [3.05, 3.63) is 18.6 Å². The Morgan fingerprint density at radius 2 is 1.54 bits per heavy atom. The molecule has 3 rings (SSSR count). The Bertz CT molecular complexity index is 453. The molecular formula is C21H31F4O. The zero-order chi connectivity index (χ0) is 18.7. The van der Waals surface area contributed by atoms with Gasteiger partial charge in [0.05, 0.1) is 12.0 Å². The maximum Gasteiger partial charge on any atom is 0.358 e.